The van der Waals surface area contributed by atoms with E-state index in [1.807, 2.05) is 29.6 Å². The zero-order valence-corrected chi connectivity index (χ0v) is 16.4. The molecule has 2 heterocycles. The number of carbonyl (C=O) groups excluding carboxylic acids is 2. The molecular formula is C21H14BrNO3S. The van der Waals surface area contributed by atoms with Crippen molar-refractivity contribution in [3.63, 3.8) is 0 Å². The lowest BCUT2D eigenvalue weighted by atomic mass is 10.00. The Morgan fingerprint density at radius 1 is 1.00 bits per heavy atom. The molecule has 1 unspecified atom stereocenters. The number of carbonyl (C=O) groups is 2. The van der Waals surface area contributed by atoms with E-state index in [0.29, 0.717) is 11.3 Å². The van der Waals surface area contributed by atoms with Gasteiger partial charge in [-0.05, 0) is 29.6 Å². The van der Waals surface area contributed by atoms with E-state index in [1.165, 1.54) is 16.2 Å². The van der Waals surface area contributed by atoms with Gasteiger partial charge in [0.1, 0.15) is 11.8 Å². The van der Waals surface area contributed by atoms with E-state index < -0.39 is 17.7 Å². The lowest BCUT2D eigenvalue weighted by Crippen LogP contribution is -2.29. The molecule has 2 aromatic carbocycles. The molecule has 0 spiro atoms. The van der Waals surface area contributed by atoms with Crippen molar-refractivity contribution in [2.24, 2.45) is 0 Å². The van der Waals surface area contributed by atoms with E-state index in [-0.39, 0.29) is 11.3 Å². The van der Waals surface area contributed by atoms with Gasteiger partial charge in [-0.3, -0.25) is 14.5 Å². The average Bonchev–Trinajstić information content (AvgIpc) is 3.29. The molecule has 1 aliphatic heterocycles. The number of ketones is 1. The van der Waals surface area contributed by atoms with Crippen LogP contribution in [-0.4, -0.2) is 16.8 Å². The summed E-state index contributed by atoms with van der Waals surface area (Å²) in [6.07, 6.45) is 0. The Kier molecular flexibility index (Phi) is 4.68. The number of hydrogen-bond acceptors (Lipinski definition) is 4. The van der Waals surface area contributed by atoms with Crippen LogP contribution < -0.4 is 4.90 Å². The molecule has 1 amide bonds. The Balaban J connectivity index is 1.94. The molecule has 4 nitrogen and oxygen atoms in total. The van der Waals surface area contributed by atoms with Gasteiger partial charge in [-0.25, -0.2) is 0 Å². The van der Waals surface area contributed by atoms with Crippen LogP contribution in [-0.2, 0) is 9.59 Å². The molecule has 1 fully saturated rings. The Morgan fingerprint density at radius 2 is 1.78 bits per heavy atom. The number of benzene rings is 2. The monoisotopic (exact) mass is 439 g/mol. The minimum Gasteiger partial charge on any atom is -0.507 e. The summed E-state index contributed by atoms with van der Waals surface area (Å²) in [6.45, 7) is 0. The van der Waals surface area contributed by atoms with Crippen LogP contribution >= 0.6 is 27.3 Å². The summed E-state index contributed by atoms with van der Waals surface area (Å²) < 4.78 is 0.801. The fourth-order valence-corrected chi connectivity index (χ4v) is 4.40. The molecule has 1 N–H and O–H groups in total. The van der Waals surface area contributed by atoms with Crippen LogP contribution in [0, 0.1) is 0 Å². The zero-order valence-electron chi connectivity index (χ0n) is 14.0. The van der Waals surface area contributed by atoms with Gasteiger partial charge in [0.25, 0.3) is 11.7 Å². The minimum absolute atomic E-state index is 0.105. The number of aliphatic hydroxyl groups excluding tert-OH is 1. The SMILES string of the molecule is O=C1C(=O)N(c2cccc(Br)c2)C(c2cccs2)/C1=C(/O)c1ccccc1. The zero-order chi connectivity index (χ0) is 19.0. The van der Waals surface area contributed by atoms with Gasteiger partial charge in [0.15, 0.2) is 0 Å². The van der Waals surface area contributed by atoms with Crippen LogP contribution in [0.15, 0.2) is 82.2 Å². The summed E-state index contributed by atoms with van der Waals surface area (Å²) in [6, 6.07) is 19.1. The maximum Gasteiger partial charge on any atom is 0.300 e. The van der Waals surface area contributed by atoms with Gasteiger partial charge in [-0.1, -0.05) is 58.4 Å². The summed E-state index contributed by atoms with van der Waals surface area (Å²) in [7, 11) is 0. The van der Waals surface area contributed by atoms with Crippen LogP contribution in [0.25, 0.3) is 5.76 Å². The fourth-order valence-electron chi connectivity index (χ4n) is 3.19. The van der Waals surface area contributed by atoms with Gasteiger partial charge in [0.05, 0.1) is 5.57 Å². The quantitative estimate of drug-likeness (QED) is 0.349. The third-order valence-corrected chi connectivity index (χ3v) is 5.81. The second-order valence-electron chi connectivity index (χ2n) is 6.03. The fraction of sp³-hybridized carbons (Fsp3) is 0.0476. The highest BCUT2D eigenvalue weighted by Crippen LogP contribution is 2.43. The molecule has 0 radical (unpaired) electrons. The van der Waals surface area contributed by atoms with Crippen molar-refractivity contribution >= 4 is 50.4 Å². The minimum atomic E-state index is -0.685. The van der Waals surface area contributed by atoms with E-state index in [0.717, 1.165) is 9.35 Å². The molecule has 0 bridgehead atoms. The largest absolute Gasteiger partial charge is 0.507 e. The number of anilines is 1. The highest BCUT2D eigenvalue weighted by molar-refractivity contribution is 9.10. The molecule has 3 aromatic rings. The first-order chi connectivity index (χ1) is 13.1. The first kappa shape index (κ1) is 17.7. The van der Waals surface area contributed by atoms with Crippen molar-refractivity contribution in [3.05, 3.63) is 92.6 Å². The number of Topliss-reactive ketones (excluding diaryl/α,β-unsaturated/α-hetero) is 1. The molecule has 1 aromatic heterocycles. The van der Waals surface area contributed by atoms with Crippen molar-refractivity contribution < 1.29 is 14.7 Å². The lowest BCUT2D eigenvalue weighted by molar-refractivity contribution is -0.132. The number of aliphatic hydroxyl groups is 1. The molecule has 0 aliphatic carbocycles. The van der Waals surface area contributed by atoms with Crippen molar-refractivity contribution in [2.45, 2.75) is 6.04 Å². The van der Waals surface area contributed by atoms with Crippen molar-refractivity contribution in [3.8, 4) is 0 Å². The maximum atomic E-state index is 12.9. The first-order valence-corrected chi connectivity index (χ1v) is 9.90. The molecule has 27 heavy (non-hydrogen) atoms. The van der Waals surface area contributed by atoms with Gasteiger partial charge in [0, 0.05) is 20.6 Å². The second-order valence-corrected chi connectivity index (χ2v) is 7.93. The third kappa shape index (κ3) is 3.11. The number of nitrogens with zero attached hydrogens (tertiary/aromatic N) is 1. The molecule has 6 heteroatoms. The van der Waals surface area contributed by atoms with E-state index >= 15 is 0 Å². The number of hydrogen-bond donors (Lipinski definition) is 1. The van der Waals surface area contributed by atoms with Crippen molar-refractivity contribution in [1.29, 1.82) is 0 Å². The van der Waals surface area contributed by atoms with Gasteiger partial charge in [0.2, 0.25) is 0 Å². The third-order valence-electron chi connectivity index (χ3n) is 4.39. The Bertz CT molecular complexity index is 1040. The van der Waals surface area contributed by atoms with Crippen LogP contribution in [0.2, 0.25) is 0 Å². The summed E-state index contributed by atoms with van der Waals surface area (Å²) in [5, 5.41) is 12.8. The van der Waals surface area contributed by atoms with Gasteiger partial charge in [-0.2, -0.15) is 0 Å². The maximum absolute atomic E-state index is 12.9. The van der Waals surface area contributed by atoms with Gasteiger partial charge < -0.3 is 5.11 Å². The highest BCUT2D eigenvalue weighted by Gasteiger charge is 2.47. The van der Waals surface area contributed by atoms with E-state index in [9.17, 15) is 14.7 Å². The molecule has 1 atom stereocenters. The van der Waals surface area contributed by atoms with Crippen LogP contribution in [0.1, 0.15) is 16.5 Å². The van der Waals surface area contributed by atoms with Crippen molar-refractivity contribution in [2.75, 3.05) is 4.90 Å². The van der Waals surface area contributed by atoms with Gasteiger partial charge in [-0.15, -0.1) is 11.3 Å². The Morgan fingerprint density at radius 3 is 2.44 bits per heavy atom. The molecule has 1 saturated heterocycles. The number of thiophene rings is 1. The molecular weight excluding hydrogens is 426 g/mol. The van der Waals surface area contributed by atoms with Crippen molar-refractivity contribution in [1.82, 2.24) is 0 Å². The predicted octanol–water partition coefficient (Wildman–Crippen LogP) is 5.14. The molecule has 1 aliphatic rings. The topological polar surface area (TPSA) is 57.6 Å². The average molecular weight is 440 g/mol. The normalized spacial score (nSPS) is 18.9. The highest BCUT2D eigenvalue weighted by atomic mass is 79.9. The van der Waals surface area contributed by atoms with E-state index in [4.69, 9.17) is 0 Å². The van der Waals surface area contributed by atoms with Crippen LogP contribution in [0.5, 0.6) is 0 Å². The van der Waals surface area contributed by atoms with Crippen LogP contribution in [0.3, 0.4) is 0 Å². The summed E-state index contributed by atoms with van der Waals surface area (Å²) >= 11 is 4.85. The van der Waals surface area contributed by atoms with E-state index in [2.05, 4.69) is 15.9 Å². The van der Waals surface area contributed by atoms with Gasteiger partial charge >= 0.3 is 0 Å². The summed E-state index contributed by atoms with van der Waals surface area (Å²) in [5.41, 5.74) is 1.21. The summed E-state index contributed by atoms with van der Waals surface area (Å²) in [4.78, 5) is 28.0. The van der Waals surface area contributed by atoms with E-state index in [1.54, 1.807) is 42.5 Å². The Labute approximate surface area is 168 Å². The number of rotatable bonds is 3. The Hall–Kier alpha value is -2.70. The molecule has 4 rings (SSSR count). The smallest absolute Gasteiger partial charge is 0.300 e. The molecule has 134 valence electrons. The second kappa shape index (κ2) is 7.13. The first-order valence-electron chi connectivity index (χ1n) is 8.23. The standard InChI is InChI=1S/C21H14BrNO3S/c22-14-8-4-9-15(12-14)23-18(16-10-5-11-27-16)17(20(25)21(23)26)19(24)13-6-2-1-3-7-13/h1-12,18,24H/b19-17-. The lowest BCUT2D eigenvalue weighted by Gasteiger charge is -2.24. The predicted molar refractivity (Wildman–Crippen MR) is 110 cm³/mol. The summed E-state index contributed by atoms with van der Waals surface area (Å²) in [5.74, 6) is -1.50. The number of halogens is 1. The van der Waals surface area contributed by atoms with Crippen LogP contribution in [0.4, 0.5) is 5.69 Å². The molecule has 0 saturated carbocycles. The number of amides is 1.